The van der Waals surface area contributed by atoms with E-state index in [-0.39, 0.29) is 0 Å². The van der Waals surface area contributed by atoms with Crippen LogP contribution in [0.5, 0.6) is 5.75 Å². The number of aryl methyl sites for hydroxylation is 1. The van der Waals surface area contributed by atoms with Gasteiger partial charge in [0.2, 0.25) is 0 Å². The Labute approximate surface area is 85.8 Å². The average Bonchev–Trinajstić information content (AvgIpc) is 3.00. The zero-order valence-electron chi connectivity index (χ0n) is 8.96. The van der Waals surface area contributed by atoms with E-state index < -0.39 is 0 Å². The first-order valence-electron chi connectivity index (χ1n) is 5.54. The van der Waals surface area contributed by atoms with E-state index in [2.05, 4.69) is 26.0 Å². The van der Waals surface area contributed by atoms with Gasteiger partial charge >= 0.3 is 0 Å². The molecule has 1 nitrogen and oxygen atoms in total. The number of rotatable bonds is 3. The fourth-order valence-corrected chi connectivity index (χ4v) is 2.11. The molecule has 14 heavy (non-hydrogen) atoms. The predicted molar refractivity (Wildman–Crippen MR) is 58.6 cm³/mol. The topological polar surface area (TPSA) is 20.2 Å². The molecule has 1 atom stereocenters. The van der Waals surface area contributed by atoms with Gasteiger partial charge in [-0.1, -0.05) is 32.0 Å². The quantitative estimate of drug-likeness (QED) is 0.773. The highest BCUT2D eigenvalue weighted by Gasteiger charge is 2.30. The third-order valence-electron chi connectivity index (χ3n) is 3.35. The monoisotopic (exact) mass is 190 g/mol. The van der Waals surface area contributed by atoms with E-state index >= 15 is 0 Å². The molecule has 0 radical (unpaired) electrons. The van der Waals surface area contributed by atoms with Gasteiger partial charge in [-0.3, -0.25) is 0 Å². The van der Waals surface area contributed by atoms with E-state index in [1.165, 1.54) is 12.8 Å². The third-order valence-corrected chi connectivity index (χ3v) is 3.35. The first kappa shape index (κ1) is 9.57. The lowest BCUT2D eigenvalue weighted by Gasteiger charge is -2.14. The van der Waals surface area contributed by atoms with E-state index in [9.17, 15) is 5.11 Å². The van der Waals surface area contributed by atoms with Gasteiger partial charge in [-0.2, -0.15) is 0 Å². The number of benzene rings is 1. The Bertz CT molecular complexity index is 326. The summed E-state index contributed by atoms with van der Waals surface area (Å²) in [6, 6.07) is 6.14. The molecule has 0 saturated heterocycles. The van der Waals surface area contributed by atoms with E-state index in [0.29, 0.717) is 11.7 Å². The van der Waals surface area contributed by atoms with E-state index in [4.69, 9.17) is 0 Å². The Balaban J connectivity index is 2.31. The maximum Gasteiger partial charge on any atom is 0.122 e. The summed E-state index contributed by atoms with van der Waals surface area (Å²) in [6.45, 7) is 4.31. The minimum atomic E-state index is 0.529. The van der Waals surface area contributed by atoms with Crippen molar-refractivity contribution in [3.8, 4) is 5.75 Å². The molecule has 76 valence electrons. The van der Waals surface area contributed by atoms with Crippen molar-refractivity contribution in [3.63, 3.8) is 0 Å². The van der Waals surface area contributed by atoms with Crippen molar-refractivity contribution >= 4 is 0 Å². The van der Waals surface area contributed by atoms with Crippen LogP contribution in [0.3, 0.4) is 0 Å². The molecule has 1 aromatic rings. The highest BCUT2D eigenvalue weighted by Crippen LogP contribution is 2.45. The molecule has 0 aromatic heterocycles. The van der Waals surface area contributed by atoms with Gasteiger partial charge in [-0.15, -0.1) is 0 Å². The van der Waals surface area contributed by atoms with Crippen LogP contribution in [0, 0.1) is 5.92 Å². The maximum absolute atomic E-state index is 10.0. The van der Waals surface area contributed by atoms with E-state index in [0.717, 1.165) is 23.5 Å². The zero-order chi connectivity index (χ0) is 10.1. The van der Waals surface area contributed by atoms with Crippen molar-refractivity contribution < 1.29 is 5.11 Å². The highest BCUT2D eigenvalue weighted by atomic mass is 16.3. The van der Waals surface area contributed by atoms with Crippen molar-refractivity contribution in [3.05, 3.63) is 29.3 Å². The van der Waals surface area contributed by atoms with Crippen LogP contribution in [0.25, 0.3) is 0 Å². The van der Waals surface area contributed by atoms with E-state index in [1.54, 1.807) is 0 Å². The molecule has 0 aliphatic heterocycles. The standard InChI is InChI=1S/C13H18O/c1-3-10-5-4-6-12(13(10)14)9(2)11-7-8-11/h4-6,9,11,14H,3,7-8H2,1-2H3. The minimum absolute atomic E-state index is 0.529. The summed E-state index contributed by atoms with van der Waals surface area (Å²) >= 11 is 0. The lowest BCUT2D eigenvalue weighted by Crippen LogP contribution is -1.97. The number of aromatic hydroxyl groups is 1. The van der Waals surface area contributed by atoms with Gasteiger partial charge in [0, 0.05) is 0 Å². The maximum atomic E-state index is 10.0. The number of hydrogen-bond acceptors (Lipinski definition) is 1. The molecule has 0 spiro atoms. The second-order valence-electron chi connectivity index (χ2n) is 4.33. The Hall–Kier alpha value is -0.980. The van der Waals surface area contributed by atoms with Gasteiger partial charge in [0.25, 0.3) is 0 Å². The summed E-state index contributed by atoms with van der Waals surface area (Å²) in [5, 5.41) is 10.0. The van der Waals surface area contributed by atoms with Gasteiger partial charge < -0.3 is 5.11 Å². The summed E-state index contributed by atoms with van der Waals surface area (Å²) in [5.41, 5.74) is 2.22. The first-order chi connectivity index (χ1) is 6.74. The lowest BCUT2D eigenvalue weighted by molar-refractivity contribution is 0.452. The molecule has 1 saturated carbocycles. The molecule has 0 heterocycles. The molecule has 2 rings (SSSR count). The summed E-state index contributed by atoms with van der Waals surface area (Å²) in [6.07, 6.45) is 3.57. The summed E-state index contributed by atoms with van der Waals surface area (Å²) in [7, 11) is 0. The average molecular weight is 190 g/mol. The number of phenols is 1. The van der Waals surface area contributed by atoms with Crippen LogP contribution in [-0.4, -0.2) is 5.11 Å². The van der Waals surface area contributed by atoms with Crippen molar-refractivity contribution in [2.75, 3.05) is 0 Å². The molecule has 0 amide bonds. The van der Waals surface area contributed by atoms with Crippen molar-refractivity contribution in [2.45, 2.75) is 39.0 Å². The fourth-order valence-electron chi connectivity index (χ4n) is 2.11. The lowest BCUT2D eigenvalue weighted by atomic mass is 9.93. The molecule has 1 aliphatic carbocycles. The second-order valence-corrected chi connectivity index (χ2v) is 4.33. The van der Waals surface area contributed by atoms with Gasteiger partial charge in [-0.05, 0) is 42.2 Å². The summed E-state index contributed by atoms with van der Waals surface area (Å²) in [4.78, 5) is 0. The Kier molecular flexibility index (Phi) is 2.49. The van der Waals surface area contributed by atoms with Crippen LogP contribution in [0.2, 0.25) is 0 Å². The summed E-state index contributed by atoms with van der Waals surface area (Å²) in [5.74, 6) is 1.88. The number of hydrogen-bond donors (Lipinski definition) is 1. The van der Waals surface area contributed by atoms with Crippen LogP contribution >= 0.6 is 0 Å². The van der Waals surface area contributed by atoms with Crippen LogP contribution in [0.1, 0.15) is 43.7 Å². The molecule has 1 aromatic carbocycles. The van der Waals surface area contributed by atoms with Gasteiger partial charge in [0.1, 0.15) is 5.75 Å². The fraction of sp³-hybridized carbons (Fsp3) is 0.538. The molecule has 1 unspecified atom stereocenters. The van der Waals surface area contributed by atoms with Gasteiger partial charge in [0.05, 0.1) is 0 Å². The zero-order valence-corrected chi connectivity index (χ0v) is 8.96. The van der Waals surface area contributed by atoms with Crippen LogP contribution < -0.4 is 0 Å². The molecular formula is C13H18O. The van der Waals surface area contributed by atoms with Gasteiger partial charge in [0.15, 0.2) is 0 Å². The van der Waals surface area contributed by atoms with Crippen LogP contribution in [0.4, 0.5) is 0 Å². The largest absolute Gasteiger partial charge is 0.507 e. The van der Waals surface area contributed by atoms with Gasteiger partial charge in [-0.25, -0.2) is 0 Å². The Morgan fingerprint density at radius 3 is 2.71 bits per heavy atom. The normalized spacial score (nSPS) is 18.1. The Morgan fingerprint density at radius 1 is 1.43 bits per heavy atom. The number of phenolic OH excluding ortho intramolecular Hbond substituents is 1. The van der Waals surface area contributed by atoms with Crippen LogP contribution in [-0.2, 0) is 6.42 Å². The van der Waals surface area contributed by atoms with Crippen LogP contribution in [0.15, 0.2) is 18.2 Å². The minimum Gasteiger partial charge on any atom is -0.507 e. The molecular weight excluding hydrogens is 172 g/mol. The SMILES string of the molecule is CCc1cccc(C(C)C2CC2)c1O. The second kappa shape index (κ2) is 3.64. The Morgan fingerprint density at radius 2 is 2.14 bits per heavy atom. The smallest absolute Gasteiger partial charge is 0.122 e. The van der Waals surface area contributed by atoms with Crippen molar-refractivity contribution in [2.24, 2.45) is 5.92 Å². The molecule has 1 fully saturated rings. The molecule has 0 bridgehead atoms. The third kappa shape index (κ3) is 1.63. The highest BCUT2D eigenvalue weighted by molar-refractivity contribution is 5.42. The molecule has 1 aliphatic rings. The van der Waals surface area contributed by atoms with Crippen molar-refractivity contribution in [1.82, 2.24) is 0 Å². The number of para-hydroxylation sites is 1. The van der Waals surface area contributed by atoms with Crippen molar-refractivity contribution in [1.29, 1.82) is 0 Å². The molecule has 1 N–H and O–H groups in total. The predicted octanol–water partition coefficient (Wildman–Crippen LogP) is 3.47. The summed E-state index contributed by atoms with van der Waals surface area (Å²) < 4.78 is 0. The first-order valence-corrected chi connectivity index (χ1v) is 5.54. The molecule has 1 heteroatoms. The van der Waals surface area contributed by atoms with E-state index in [1.807, 2.05) is 6.07 Å².